The van der Waals surface area contributed by atoms with Crippen LogP contribution in [0.15, 0.2) is 0 Å². The maximum Gasteiger partial charge on any atom is 0.325 e. The predicted octanol–water partition coefficient (Wildman–Crippen LogP) is 2.11. The van der Waals surface area contributed by atoms with Gasteiger partial charge in [0.1, 0.15) is 12.1 Å². The molecule has 1 spiro atoms. The van der Waals surface area contributed by atoms with Crippen LogP contribution in [0.5, 0.6) is 0 Å². The molecule has 0 aromatic carbocycles. The van der Waals surface area contributed by atoms with Gasteiger partial charge in [-0.2, -0.15) is 0 Å². The van der Waals surface area contributed by atoms with E-state index in [4.69, 9.17) is 0 Å². The van der Waals surface area contributed by atoms with E-state index in [1.165, 1.54) is 0 Å². The first kappa shape index (κ1) is 21.1. The molecule has 7 heteroatoms. The highest BCUT2D eigenvalue weighted by molar-refractivity contribution is 6.09. The summed E-state index contributed by atoms with van der Waals surface area (Å²) in [5, 5.41) is 5.96. The topological polar surface area (TPSA) is 81.8 Å². The summed E-state index contributed by atoms with van der Waals surface area (Å²) in [4.78, 5) is 41.7. The summed E-state index contributed by atoms with van der Waals surface area (Å²) in [6.07, 6.45) is 5.29. The molecule has 7 nitrogen and oxygen atoms in total. The second-order valence-electron chi connectivity index (χ2n) is 9.94. The zero-order chi connectivity index (χ0) is 20.5. The van der Waals surface area contributed by atoms with Gasteiger partial charge in [-0.15, -0.1) is 0 Å². The van der Waals surface area contributed by atoms with E-state index in [9.17, 15) is 14.4 Å². The van der Waals surface area contributed by atoms with E-state index < -0.39 is 11.6 Å². The highest BCUT2D eigenvalue weighted by Gasteiger charge is 2.56. The molecule has 2 atom stereocenters. The number of urea groups is 1. The summed E-state index contributed by atoms with van der Waals surface area (Å²) >= 11 is 0. The number of nitrogens with zero attached hydrogens (tertiary/aromatic N) is 2. The van der Waals surface area contributed by atoms with Crippen LogP contribution in [0.25, 0.3) is 0 Å². The Labute approximate surface area is 168 Å². The molecule has 0 aromatic heterocycles. The Hall–Kier alpha value is -1.63. The first-order chi connectivity index (χ1) is 13.1. The molecule has 3 aliphatic rings. The summed E-state index contributed by atoms with van der Waals surface area (Å²) in [5.74, 6) is -0.113. The molecule has 2 unspecified atom stereocenters. The number of rotatable bonds is 5. The SMILES string of the molecule is CCCN1CCC(NC(=O)CN2C(=O)NC3(CC(C)CC(C)(C)C3)C2=O)CC1. The number of hydrogen-bond acceptors (Lipinski definition) is 4. The maximum atomic E-state index is 13.1. The highest BCUT2D eigenvalue weighted by atomic mass is 16.2. The lowest BCUT2D eigenvalue weighted by atomic mass is 9.64. The van der Waals surface area contributed by atoms with Crippen LogP contribution < -0.4 is 10.6 Å². The van der Waals surface area contributed by atoms with Crippen molar-refractivity contribution < 1.29 is 14.4 Å². The zero-order valence-corrected chi connectivity index (χ0v) is 17.8. The van der Waals surface area contributed by atoms with Gasteiger partial charge in [-0.1, -0.05) is 27.7 Å². The molecule has 158 valence electrons. The van der Waals surface area contributed by atoms with E-state index in [0.717, 1.165) is 50.2 Å². The summed E-state index contributed by atoms with van der Waals surface area (Å²) in [7, 11) is 0. The lowest BCUT2D eigenvalue weighted by molar-refractivity contribution is -0.137. The van der Waals surface area contributed by atoms with Crippen LogP contribution in [0.1, 0.15) is 66.2 Å². The Balaban J connectivity index is 1.57. The molecule has 0 radical (unpaired) electrons. The molecule has 2 N–H and O–H groups in total. The first-order valence-electron chi connectivity index (χ1n) is 10.8. The van der Waals surface area contributed by atoms with Gasteiger partial charge in [-0.3, -0.25) is 14.5 Å². The fourth-order valence-electron chi connectivity index (χ4n) is 5.68. The quantitative estimate of drug-likeness (QED) is 0.702. The molecule has 0 bridgehead atoms. The fraction of sp³-hybridized carbons (Fsp3) is 0.857. The molecular formula is C21H36N4O3. The van der Waals surface area contributed by atoms with Crippen LogP contribution in [-0.4, -0.2) is 65.4 Å². The van der Waals surface area contributed by atoms with Crippen molar-refractivity contribution in [2.45, 2.75) is 77.8 Å². The molecule has 2 aliphatic heterocycles. The predicted molar refractivity (Wildman–Crippen MR) is 108 cm³/mol. The first-order valence-corrected chi connectivity index (χ1v) is 10.8. The van der Waals surface area contributed by atoms with Gasteiger partial charge in [0, 0.05) is 19.1 Å². The number of amides is 4. The van der Waals surface area contributed by atoms with Gasteiger partial charge < -0.3 is 15.5 Å². The monoisotopic (exact) mass is 392 g/mol. The number of hydrogen-bond donors (Lipinski definition) is 2. The molecule has 3 fully saturated rings. The summed E-state index contributed by atoms with van der Waals surface area (Å²) in [6, 6.07) is -0.299. The molecule has 1 saturated carbocycles. The van der Waals surface area contributed by atoms with Crippen LogP contribution in [0, 0.1) is 11.3 Å². The van der Waals surface area contributed by atoms with Gasteiger partial charge in [0.2, 0.25) is 5.91 Å². The van der Waals surface area contributed by atoms with Crippen molar-refractivity contribution in [3.8, 4) is 0 Å². The third kappa shape index (κ3) is 4.50. The minimum atomic E-state index is -0.843. The smallest absolute Gasteiger partial charge is 0.325 e. The third-order valence-corrected chi connectivity index (χ3v) is 6.42. The average Bonchev–Trinajstić information content (AvgIpc) is 2.78. The Bertz CT molecular complexity index is 627. The highest BCUT2D eigenvalue weighted by Crippen LogP contribution is 2.46. The van der Waals surface area contributed by atoms with Gasteiger partial charge in [-0.05, 0) is 56.4 Å². The van der Waals surface area contributed by atoms with Crippen molar-refractivity contribution in [2.24, 2.45) is 11.3 Å². The Morgan fingerprint density at radius 2 is 1.89 bits per heavy atom. The molecule has 1 aliphatic carbocycles. The summed E-state index contributed by atoms with van der Waals surface area (Å²) < 4.78 is 0. The normalized spacial score (nSPS) is 31.3. The summed E-state index contributed by atoms with van der Waals surface area (Å²) in [6.45, 7) is 11.5. The lowest BCUT2D eigenvalue weighted by Crippen LogP contribution is -2.54. The van der Waals surface area contributed by atoms with E-state index in [1.54, 1.807) is 0 Å². The minimum absolute atomic E-state index is 0.00860. The van der Waals surface area contributed by atoms with Crippen LogP contribution in [0.2, 0.25) is 0 Å². The van der Waals surface area contributed by atoms with Gasteiger partial charge in [0.15, 0.2) is 0 Å². The van der Waals surface area contributed by atoms with Gasteiger partial charge in [0.25, 0.3) is 5.91 Å². The van der Waals surface area contributed by atoms with Crippen molar-refractivity contribution in [3.05, 3.63) is 0 Å². The molecule has 2 saturated heterocycles. The van der Waals surface area contributed by atoms with E-state index in [0.29, 0.717) is 18.8 Å². The molecule has 2 heterocycles. The molecule has 4 amide bonds. The Kier molecular flexibility index (Phi) is 6.03. The third-order valence-electron chi connectivity index (χ3n) is 6.42. The van der Waals surface area contributed by atoms with E-state index >= 15 is 0 Å². The number of nitrogens with one attached hydrogen (secondary N) is 2. The largest absolute Gasteiger partial charge is 0.352 e. The van der Waals surface area contributed by atoms with Gasteiger partial charge in [0.05, 0.1) is 0 Å². The fourth-order valence-corrected chi connectivity index (χ4v) is 5.68. The maximum absolute atomic E-state index is 13.1. The lowest BCUT2D eigenvalue weighted by Gasteiger charge is -2.43. The number of imide groups is 1. The van der Waals surface area contributed by atoms with Crippen LogP contribution in [0.4, 0.5) is 4.79 Å². The second-order valence-corrected chi connectivity index (χ2v) is 9.94. The minimum Gasteiger partial charge on any atom is -0.352 e. The number of likely N-dealkylation sites (tertiary alicyclic amines) is 1. The zero-order valence-electron chi connectivity index (χ0n) is 17.8. The Morgan fingerprint density at radius 3 is 2.50 bits per heavy atom. The van der Waals surface area contributed by atoms with Gasteiger partial charge >= 0.3 is 6.03 Å². The van der Waals surface area contributed by atoms with E-state index in [-0.39, 0.29) is 29.8 Å². The number of carbonyl (C=O) groups is 3. The van der Waals surface area contributed by atoms with Crippen LogP contribution >= 0.6 is 0 Å². The van der Waals surface area contributed by atoms with Crippen molar-refractivity contribution in [3.63, 3.8) is 0 Å². The standard InChI is InChI=1S/C21H36N4O3/c1-5-8-24-9-6-16(7-10-24)22-17(26)13-25-18(27)21(23-19(25)28)12-15(2)11-20(3,4)14-21/h15-16H,5-14H2,1-4H3,(H,22,26)(H,23,28). The van der Waals surface area contributed by atoms with Crippen LogP contribution in [-0.2, 0) is 9.59 Å². The Morgan fingerprint density at radius 1 is 1.21 bits per heavy atom. The van der Waals surface area contributed by atoms with E-state index in [1.807, 2.05) is 0 Å². The summed E-state index contributed by atoms with van der Waals surface area (Å²) in [5.41, 5.74) is -0.852. The van der Waals surface area contributed by atoms with Crippen molar-refractivity contribution in [1.29, 1.82) is 0 Å². The molecular weight excluding hydrogens is 356 g/mol. The van der Waals surface area contributed by atoms with Crippen molar-refractivity contribution in [2.75, 3.05) is 26.2 Å². The van der Waals surface area contributed by atoms with E-state index in [2.05, 4.69) is 43.2 Å². The number of piperidine rings is 1. The van der Waals surface area contributed by atoms with Crippen LogP contribution in [0.3, 0.4) is 0 Å². The van der Waals surface area contributed by atoms with Crippen molar-refractivity contribution in [1.82, 2.24) is 20.4 Å². The number of carbonyl (C=O) groups excluding carboxylic acids is 3. The molecule has 0 aromatic rings. The van der Waals surface area contributed by atoms with Gasteiger partial charge in [-0.25, -0.2) is 4.79 Å². The molecule has 3 rings (SSSR count). The average molecular weight is 393 g/mol. The molecule has 28 heavy (non-hydrogen) atoms. The van der Waals surface area contributed by atoms with Crippen molar-refractivity contribution >= 4 is 17.8 Å². The second kappa shape index (κ2) is 8.01.